The zero-order valence-corrected chi connectivity index (χ0v) is 9.22. The van der Waals surface area contributed by atoms with Gasteiger partial charge in [-0.3, -0.25) is 9.78 Å². The first-order valence-electron chi connectivity index (χ1n) is 5.27. The number of aromatic nitrogens is 1. The van der Waals surface area contributed by atoms with E-state index in [1.165, 1.54) is 6.20 Å². The van der Waals surface area contributed by atoms with Crippen molar-refractivity contribution in [2.24, 2.45) is 0 Å². The Balaban J connectivity index is 1.88. The molecule has 0 radical (unpaired) electrons. The molecule has 0 fully saturated rings. The molecule has 0 aliphatic rings. The van der Waals surface area contributed by atoms with Crippen molar-refractivity contribution < 1.29 is 9.21 Å². The lowest BCUT2D eigenvalue weighted by atomic mass is 10.2. The molecule has 0 saturated heterocycles. The molecule has 17 heavy (non-hydrogen) atoms. The van der Waals surface area contributed by atoms with Gasteiger partial charge in [0.05, 0.1) is 11.8 Å². The zero-order chi connectivity index (χ0) is 12.1. The van der Waals surface area contributed by atoms with E-state index in [1.807, 2.05) is 12.1 Å². The van der Waals surface area contributed by atoms with Crippen molar-refractivity contribution in [1.82, 2.24) is 10.3 Å². The van der Waals surface area contributed by atoms with Gasteiger partial charge in [0.1, 0.15) is 5.76 Å². The van der Waals surface area contributed by atoms with Gasteiger partial charge in [-0.15, -0.1) is 0 Å². The fourth-order valence-corrected chi connectivity index (χ4v) is 1.44. The third kappa shape index (κ3) is 2.84. The Hall–Kier alpha value is -2.30. The topological polar surface area (TPSA) is 81.1 Å². The molecule has 5 heteroatoms. The Morgan fingerprint density at radius 1 is 1.47 bits per heavy atom. The third-order valence-electron chi connectivity index (χ3n) is 2.34. The quantitative estimate of drug-likeness (QED) is 0.829. The number of carbonyl (C=O) groups is 1. The molecule has 0 saturated carbocycles. The molecular weight excluding hydrogens is 218 g/mol. The van der Waals surface area contributed by atoms with Gasteiger partial charge in [0.25, 0.3) is 5.91 Å². The maximum atomic E-state index is 11.7. The summed E-state index contributed by atoms with van der Waals surface area (Å²) in [6.07, 6.45) is 5.27. The second kappa shape index (κ2) is 5.16. The monoisotopic (exact) mass is 231 g/mol. The molecule has 0 atom stereocenters. The van der Waals surface area contributed by atoms with Crippen molar-refractivity contribution in [1.29, 1.82) is 0 Å². The molecule has 2 rings (SSSR count). The highest BCUT2D eigenvalue weighted by molar-refractivity contribution is 5.98. The average molecular weight is 231 g/mol. The second-order valence-corrected chi connectivity index (χ2v) is 3.55. The summed E-state index contributed by atoms with van der Waals surface area (Å²) in [5, 5.41) is 2.76. The van der Waals surface area contributed by atoms with Gasteiger partial charge in [-0.05, 0) is 18.2 Å². The summed E-state index contributed by atoms with van der Waals surface area (Å²) in [6, 6.07) is 5.28. The predicted molar refractivity (Wildman–Crippen MR) is 63.4 cm³/mol. The van der Waals surface area contributed by atoms with Crippen LogP contribution in [-0.2, 0) is 6.42 Å². The van der Waals surface area contributed by atoms with E-state index in [0.29, 0.717) is 24.2 Å². The molecule has 88 valence electrons. The van der Waals surface area contributed by atoms with Gasteiger partial charge in [0, 0.05) is 31.0 Å². The van der Waals surface area contributed by atoms with Crippen LogP contribution in [0.1, 0.15) is 16.1 Å². The Bertz CT molecular complexity index is 494. The van der Waals surface area contributed by atoms with E-state index >= 15 is 0 Å². The van der Waals surface area contributed by atoms with Crippen molar-refractivity contribution in [3.05, 3.63) is 48.2 Å². The maximum absolute atomic E-state index is 11.7. The van der Waals surface area contributed by atoms with Crippen molar-refractivity contribution in [3.8, 4) is 0 Å². The number of furan rings is 1. The number of nitrogens with one attached hydrogen (secondary N) is 1. The lowest BCUT2D eigenvalue weighted by molar-refractivity contribution is 0.0954. The van der Waals surface area contributed by atoms with Crippen molar-refractivity contribution in [2.75, 3.05) is 12.3 Å². The van der Waals surface area contributed by atoms with E-state index in [4.69, 9.17) is 10.2 Å². The molecule has 1 amide bonds. The Labute approximate surface area is 98.6 Å². The number of amides is 1. The molecule has 0 aliphatic heterocycles. The minimum Gasteiger partial charge on any atom is -0.469 e. The first kappa shape index (κ1) is 11.2. The van der Waals surface area contributed by atoms with Crippen LogP contribution in [0.3, 0.4) is 0 Å². The molecule has 2 aromatic heterocycles. The lowest BCUT2D eigenvalue weighted by Crippen LogP contribution is -2.26. The van der Waals surface area contributed by atoms with Gasteiger partial charge in [0.2, 0.25) is 0 Å². The fourth-order valence-electron chi connectivity index (χ4n) is 1.44. The average Bonchev–Trinajstić information content (AvgIpc) is 2.82. The maximum Gasteiger partial charge on any atom is 0.254 e. The molecule has 5 nitrogen and oxygen atoms in total. The highest BCUT2D eigenvalue weighted by atomic mass is 16.3. The van der Waals surface area contributed by atoms with Crippen LogP contribution in [0.4, 0.5) is 5.69 Å². The smallest absolute Gasteiger partial charge is 0.254 e. The molecule has 0 unspecified atom stereocenters. The van der Waals surface area contributed by atoms with E-state index in [9.17, 15) is 4.79 Å². The predicted octanol–water partition coefficient (Wildman–Crippen LogP) is 1.23. The van der Waals surface area contributed by atoms with Crippen LogP contribution in [0, 0.1) is 0 Å². The molecule has 0 bridgehead atoms. The number of nitrogen functional groups attached to an aromatic ring is 1. The minimum absolute atomic E-state index is 0.220. The van der Waals surface area contributed by atoms with E-state index in [-0.39, 0.29) is 5.91 Å². The zero-order valence-electron chi connectivity index (χ0n) is 9.22. The van der Waals surface area contributed by atoms with Crippen LogP contribution in [0.5, 0.6) is 0 Å². The SMILES string of the molecule is Nc1ccncc1C(=O)NCCc1ccco1. The number of hydrogen-bond donors (Lipinski definition) is 2. The number of carbonyl (C=O) groups excluding carboxylic acids is 1. The molecule has 0 spiro atoms. The molecule has 2 heterocycles. The molecule has 0 aliphatic carbocycles. The summed E-state index contributed by atoms with van der Waals surface area (Å²) in [5.41, 5.74) is 6.49. The van der Waals surface area contributed by atoms with Gasteiger partial charge < -0.3 is 15.5 Å². The van der Waals surface area contributed by atoms with Crippen molar-refractivity contribution in [2.45, 2.75) is 6.42 Å². The number of pyridine rings is 1. The Kier molecular flexibility index (Phi) is 3.40. The molecular formula is C12H13N3O2. The normalized spacial score (nSPS) is 10.1. The lowest BCUT2D eigenvalue weighted by Gasteiger charge is -2.05. The molecule has 0 aromatic carbocycles. The van der Waals surface area contributed by atoms with E-state index in [2.05, 4.69) is 10.3 Å². The van der Waals surface area contributed by atoms with Crippen molar-refractivity contribution in [3.63, 3.8) is 0 Å². The van der Waals surface area contributed by atoms with Crippen LogP contribution < -0.4 is 11.1 Å². The first-order chi connectivity index (χ1) is 8.27. The highest BCUT2D eigenvalue weighted by Gasteiger charge is 2.08. The Morgan fingerprint density at radius 2 is 2.35 bits per heavy atom. The number of nitrogens with two attached hydrogens (primary N) is 1. The summed E-state index contributed by atoms with van der Waals surface area (Å²) in [4.78, 5) is 15.6. The van der Waals surface area contributed by atoms with Crippen LogP contribution >= 0.6 is 0 Å². The Morgan fingerprint density at radius 3 is 3.06 bits per heavy atom. The molecule has 2 aromatic rings. The van der Waals surface area contributed by atoms with Crippen LogP contribution in [-0.4, -0.2) is 17.4 Å². The standard InChI is InChI=1S/C12H13N3O2/c13-11-4-5-14-8-10(11)12(16)15-6-3-9-2-1-7-17-9/h1-2,4-5,7-8H,3,6H2,(H2,13,14)(H,15,16). The summed E-state index contributed by atoms with van der Waals surface area (Å²) in [5.74, 6) is 0.617. The number of nitrogens with zero attached hydrogens (tertiary/aromatic N) is 1. The fraction of sp³-hybridized carbons (Fsp3) is 0.167. The highest BCUT2D eigenvalue weighted by Crippen LogP contribution is 2.08. The van der Waals surface area contributed by atoms with Crippen LogP contribution in [0.2, 0.25) is 0 Å². The van der Waals surface area contributed by atoms with Gasteiger partial charge >= 0.3 is 0 Å². The summed E-state index contributed by atoms with van der Waals surface area (Å²) >= 11 is 0. The number of anilines is 1. The largest absolute Gasteiger partial charge is 0.469 e. The van der Waals surface area contributed by atoms with E-state index < -0.39 is 0 Å². The third-order valence-corrected chi connectivity index (χ3v) is 2.34. The molecule has 3 N–H and O–H groups in total. The number of hydrogen-bond acceptors (Lipinski definition) is 4. The van der Waals surface area contributed by atoms with Crippen LogP contribution in [0.15, 0.2) is 41.3 Å². The van der Waals surface area contributed by atoms with E-state index in [1.54, 1.807) is 18.5 Å². The summed E-state index contributed by atoms with van der Waals surface area (Å²) in [7, 11) is 0. The van der Waals surface area contributed by atoms with Gasteiger partial charge in [-0.25, -0.2) is 0 Å². The summed E-state index contributed by atoms with van der Waals surface area (Å²) < 4.78 is 5.16. The second-order valence-electron chi connectivity index (χ2n) is 3.55. The van der Waals surface area contributed by atoms with Gasteiger partial charge in [0.15, 0.2) is 0 Å². The number of rotatable bonds is 4. The van der Waals surface area contributed by atoms with Crippen LogP contribution in [0.25, 0.3) is 0 Å². The summed E-state index contributed by atoms with van der Waals surface area (Å²) in [6.45, 7) is 0.501. The van der Waals surface area contributed by atoms with Crippen molar-refractivity contribution >= 4 is 11.6 Å². The van der Waals surface area contributed by atoms with Gasteiger partial charge in [-0.1, -0.05) is 0 Å². The first-order valence-corrected chi connectivity index (χ1v) is 5.27. The van der Waals surface area contributed by atoms with E-state index in [0.717, 1.165) is 5.76 Å². The van der Waals surface area contributed by atoms with Gasteiger partial charge in [-0.2, -0.15) is 0 Å². The minimum atomic E-state index is -0.220.